The van der Waals surface area contributed by atoms with Gasteiger partial charge in [0, 0.05) is 25.0 Å². The molecule has 170 valence electrons. The van der Waals surface area contributed by atoms with Crippen molar-refractivity contribution in [3.8, 4) is 0 Å². The minimum absolute atomic E-state index is 0.181. The molecule has 0 N–H and O–H groups in total. The fourth-order valence-corrected chi connectivity index (χ4v) is 3.01. The van der Waals surface area contributed by atoms with Crippen molar-refractivity contribution in [3.63, 3.8) is 0 Å². The van der Waals surface area contributed by atoms with Gasteiger partial charge in [-0.25, -0.2) is 13.6 Å². The van der Waals surface area contributed by atoms with Gasteiger partial charge >= 0.3 is 17.9 Å². The zero-order valence-electron chi connectivity index (χ0n) is 18.0. The zero-order valence-corrected chi connectivity index (χ0v) is 18.0. The van der Waals surface area contributed by atoms with Crippen molar-refractivity contribution >= 4 is 23.6 Å². The maximum absolute atomic E-state index is 13.9. The van der Waals surface area contributed by atoms with Crippen LogP contribution in [-0.4, -0.2) is 49.0 Å². The first-order chi connectivity index (χ1) is 15.1. The van der Waals surface area contributed by atoms with Crippen LogP contribution >= 0.6 is 0 Å². The van der Waals surface area contributed by atoms with Gasteiger partial charge < -0.3 is 14.2 Å². The molecule has 0 aliphatic carbocycles. The summed E-state index contributed by atoms with van der Waals surface area (Å²) in [5.74, 6) is -3.58. The SMILES string of the molecule is COC(=O)[C@H](OC(C)=O)[C@@H](OC(C)=O)[C@H](C)N=C(c1cccc(F)c1)c1cccc(F)c1. The van der Waals surface area contributed by atoms with Crippen LogP contribution < -0.4 is 0 Å². The second kappa shape index (κ2) is 11.1. The molecule has 0 aromatic heterocycles. The molecule has 0 aliphatic heterocycles. The minimum Gasteiger partial charge on any atom is -0.466 e. The number of hydrogen-bond donors (Lipinski definition) is 0. The van der Waals surface area contributed by atoms with E-state index in [1.165, 1.54) is 43.3 Å². The summed E-state index contributed by atoms with van der Waals surface area (Å²) in [6.07, 6.45) is -2.96. The van der Waals surface area contributed by atoms with E-state index in [1.54, 1.807) is 12.1 Å². The van der Waals surface area contributed by atoms with Gasteiger partial charge in [-0.15, -0.1) is 0 Å². The van der Waals surface area contributed by atoms with Gasteiger partial charge in [-0.1, -0.05) is 24.3 Å². The summed E-state index contributed by atoms with van der Waals surface area (Å²) in [7, 11) is 1.09. The van der Waals surface area contributed by atoms with Crippen LogP contribution in [0.4, 0.5) is 8.78 Å². The minimum atomic E-state index is -1.60. The monoisotopic (exact) mass is 447 g/mol. The highest BCUT2D eigenvalue weighted by atomic mass is 19.1. The van der Waals surface area contributed by atoms with Gasteiger partial charge in [0.25, 0.3) is 0 Å². The smallest absolute Gasteiger partial charge is 0.351 e. The highest BCUT2D eigenvalue weighted by Gasteiger charge is 2.39. The summed E-state index contributed by atoms with van der Waals surface area (Å²) in [5.41, 5.74) is 0.831. The normalized spacial score (nSPS) is 13.3. The van der Waals surface area contributed by atoms with Gasteiger partial charge in [-0.2, -0.15) is 0 Å². The van der Waals surface area contributed by atoms with Crippen molar-refractivity contribution < 1.29 is 37.4 Å². The van der Waals surface area contributed by atoms with Crippen molar-refractivity contribution in [3.05, 3.63) is 71.3 Å². The number of esters is 3. The van der Waals surface area contributed by atoms with Gasteiger partial charge in [0.2, 0.25) is 6.10 Å². The van der Waals surface area contributed by atoms with Crippen LogP contribution in [0, 0.1) is 11.6 Å². The van der Waals surface area contributed by atoms with Crippen LogP contribution in [0.25, 0.3) is 0 Å². The Bertz CT molecular complexity index is 976. The lowest BCUT2D eigenvalue weighted by molar-refractivity contribution is -0.180. The molecule has 2 rings (SSSR count). The highest BCUT2D eigenvalue weighted by molar-refractivity contribution is 6.13. The first kappa shape index (κ1) is 24.6. The van der Waals surface area contributed by atoms with Crippen LogP contribution in [0.2, 0.25) is 0 Å². The molecule has 0 amide bonds. The number of carbonyl (C=O) groups excluding carboxylic acids is 3. The Hall–Kier alpha value is -3.62. The molecule has 0 fully saturated rings. The molecule has 0 bridgehead atoms. The average molecular weight is 447 g/mol. The number of benzene rings is 2. The molecule has 0 spiro atoms. The molecular weight excluding hydrogens is 424 g/mol. The molecule has 0 unspecified atom stereocenters. The maximum atomic E-state index is 13.9. The van der Waals surface area contributed by atoms with Crippen LogP contribution in [0.1, 0.15) is 31.9 Å². The molecule has 7 nitrogen and oxygen atoms in total. The molecule has 32 heavy (non-hydrogen) atoms. The molecule has 0 aliphatic rings. The predicted molar refractivity (Wildman–Crippen MR) is 111 cm³/mol. The number of ether oxygens (including phenoxy) is 3. The average Bonchev–Trinajstić information content (AvgIpc) is 2.73. The summed E-state index contributed by atoms with van der Waals surface area (Å²) in [4.78, 5) is 40.0. The number of rotatable bonds is 8. The molecule has 9 heteroatoms. The second-order valence-electron chi connectivity index (χ2n) is 6.87. The van der Waals surface area contributed by atoms with Crippen molar-refractivity contribution in [2.75, 3.05) is 7.11 Å². The standard InChI is InChI=1S/C23H23F2NO6/c1-13(21(31-14(2)27)22(23(29)30-4)32-15(3)28)26-20(16-7-5-9-18(24)11-16)17-8-6-10-19(25)12-17/h5-13,21-22H,1-4H3/t13-,21-,22+/m0/s1. The lowest BCUT2D eigenvalue weighted by atomic mass is 10.00. The number of aliphatic imine (C=N–C) groups is 1. The maximum Gasteiger partial charge on any atom is 0.351 e. The van der Waals surface area contributed by atoms with E-state index in [0.717, 1.165) is 21.0 Å². The van der Waals surface area contributed by atoms with Crippen LogP contribution in [0.5, 0.6) is 0 Å². The first-order valence-electron chi connectivity index (χ1n) is 9.64. The number of methoxy groups -OCH3 is 1. The largest absolute Gasteiger partial charge is 0.466 e. The Morgan fingerprint density at radius 2 is 1.38 bits per heavy atom. The topological polar surface area (TPSA) is 91.3 Å². The fraction of sp³-hybridized carbons (Fsp3) is 0.304. The molecule has 2 aromatic carbocycles. The zero-order chi connectivity index (χ0) is 23.8. The number of carbonyl (C=O) groups is 3. The Kier molecular flexibility index (Phi) is 8.57. The lowest BCUT2D eigenvalue weighted by Gasteiger charge is -2.27. The Morgan fingerprint density at radius 3 is 1.78 bits per heavy atom. The highest BCUT2D eigenvalue weighted by Crippen LogP contribution is 2.20. The van der Waals surface area contributed by atoms with Crippen LogP contribution in [0.15, 0.2) is 53.5 Å². The molecular formula is C23H23F2NO6. The van der Waals surface area contributed by atoms with E-state index in [4.69, 9.17) is 9.47 Å². The van der Waals surface area contributed by atoms with Crippen molar-refractivity contribution in [1.82, 2.24) is 0 Å². The van der Waals surface area contributed by atoms with E-state index in [9.17, 15) is 23.2 Å². The van der Waals surface area contributed by atoms with Crippen molar-refractivity contribution in [2.45, 2.75) is 39.0 Å². The molecule has 0 saturated carbocycles. The fourth-order valence-electron chi connectivity index (χ4n) is 3.01. The Morgan fingerprint density at radius 1 is 0.875 bits per heavy atom. The summed E-state index contributed by atoms with van der Waals surface area (Å²) < 4.78 is 42.8. The summed E-state index contributed by atoms with van der Waals surface area (Å²) >= 11 is 0. The van der Waals surface area contributed by atoms with Crippen molar-refractivity contribution in [2.24, 2.45) is 4.99 Å². The molecule has 0 heterocycles. The van der Waals surface area contributed by atoms with Gasteiger partial charge in [-0.3, -0.25) is 14.6 Å². The predicted octanol–water partition coefficient (Wildman–Crippen LogP) is 3.23. The summed E-state index contributed by atoms with van der Waals surface area (Å²) in [6.45, 7) is 3.71. The third-order valence-corrected chi connectivity index (χ3v) is 4.33. The third kappa shape index (κ3) is 6.69. The molecule has 0 radical (unpaired) electrons. The van der Waals surface area contributed by atoms with Gasteiger partial charge in [-0.05, 0) is 31.2 Å². The first-order valence-corrected chi connectivity index (χ1v) is 9.64. The Balaban J connectivity index is 2.61. The summed E-state index contributed by atoms with van der Waals surface area (Å²) in [6, 6.07) is 9.99. The lowest BCUT2D eigenvalue weighted by Crippen LogP contribution is -2.46. The van der Waals surface area contributed by atoms with Gasteiger partial charge in [0.05, 0.1) is 18.9 Å². The van der Waals surface area contributed by atoms with Gasteiger partial charge in [0.1, 0.15) is 11.6 Å². The molecule has 0 saturated heterocycles. The summed E-state index contributed by atoms with van der Waals surface area (Å²) in [5, 5.41) is 0. The third-order valence-electron chi connectivity index (χ3n) is 4.33. The van der Waals surface area contributed by atoms with E-state index in [2.05, 4.69) is 9.73 Å². The number of hydrogen-bond acceptors (Lipinski definition) is 7. The van der Waals surface area contributed by atoms with E-state index < -0.39 is 47.8 Å². The Labute approximate surface area is 184 Å². The molecule has 2 aromatic rings. The second-order valence-corrected chi connectivity index (χ2v) is 6.87. The van der Waals surface area contributed by atoms with Crippen LogP contribution in [0.3, 0.4) is 0 Å². The van der Waals surface area contributed by atoms with E-state index in [-0.39, 0.29) is 5.71 Å². The van der Waals surface area contributed by atoms with E-state index >= 15 is 0 Å². The van der Waals surface area contributed by atoms with Gasteiger partial charge in [0.15, 0.2) is 6.10 Å². The van der Waals surface area contributed by atoms with Crippen molar-refractivity contribution in [1.29, 1.82) is 0 Å². The van der Waals surface area contributed by atoms with Crippen LogP contribution in [-0.2, 0) is 28.6 Å². The number of halogens is 2. The van der Waals surface area contributed by atoms with E-state index in [1.807, 2.05) is 0 Å². The van der Waals surface area contributed by atoms with E-state index in [0.29, 0.717) is 11.1 Å². The number of nitrogens with zero attached hydrogens (tertiary/aromatic N) is 1. The molecule has 3 atom stereocenters. The quantitative estimate of drug-likeness (QED) is 0.351.